The number of methoxy groups -OCH3 is 1. The first-order valence-electron chi connectivity index (χ1n) is 11.2. The first-order valence-corrected chi connectivity index (χ1v) is 11.2. The van der Waals surface area contributed by atoms with E-state index in [9.17, 15) is 14.4 Å². The van der Waals surface area contributed by atoms with Crippen LogP contribution in [-0.2, 0) is 33.9 Å². The van der Waals surface area contributed by atoms with E-state index in [1.165, 1.54) is 10.9 Å². The first-order chi connectivity index (χ1) is 17.1. The Morgan fingerprint density at radius 1 is 1.00 bits per heavy atom. The number of imidazole rings is 1. The van der Waals surface area contributed by atoms with E-state index in [0.29, 0.717) is 13.2 Å². The Morgan fingerprint density at radius 3 is 2.43 bits per heavy atom. The highest BCUT2D eigenvalue weighted by Gasteiger charge is 2.20. The van der Waals surface area contributed by atoms with Gasteiger partial charge < -0.3 is 14.0 Å². The number of carbonyl (C=O) groups excluding carboxylic acids is 1. The maximum absolute atomic E-state index is 13.3. The standard InChI is InChI=1S/C26H26N4O5/c1-34-16-14-28-19-27-24-23(28)25(32)30(26(33)29(24)17-21-11-6-3-7-12-21)18-22(31)35-15-8-13-20-9-4-2-5-10-20/h2-13,19H,14-18H2,1H3/b13-8+. The summed E-state index contributed by atoms with van der Waals surface area (Å²) in [5.41, 5.74) is 1.10. The largest absolute Gasteiger partial charge is 0.460 e. The smallest absolute Gasteiger partial charge is 0.333 e. The number of fused-ring (bicyclic) bond motifs is 1. The molecule has 2 aromatic carbocycles. The Balaban J connectivity index is 1.63. The molecule has 4 rings (SSSR count). The second-order valence-corrected chi connectivity index (χ2v) is 7.84. The molecule has 0 amide bonds. The fourth-order valence-corrected chi connectivity index (χ4v) is 3.71. The van der Waals surface area contributed by atoms with E-state index >= 15 is 0 Å². The third kappa shape index (κ3) is 5.64. The van der Waals surface area contributed by atoms with E-state index in [-0.39, 0.29) is 24.3 Å². The van der Waals surface area contributed by atoms with Gasteiger partial charge in [0.15, 0.2) is 11.2 Å². The monoisotopic (exact) mass is 474 g/mol. The minimum atomic E-state index is -0.685. The molecule has 9 heteroatoms. The summed E-state index contributed by atoms with van der Waals surface area (Å²) < 4.78 is 14.3. The van der Waals surface area contributed by atoms with E-state index in [1.54, 1.807) is 17.8 Å². The second kappa shape index (κ2) is 11.3. The number of benzene rings is 2. The van der Waals surface area contributed by atoms with Crippen LogP contribution < -0.4 is 11.2 Å². The third-order valence-electron chi connectivity index (χ3n) is 5.44. The van der Waals surface area contributed by atoms with Gasteiger partial charge >= 0.3 is 11.7 Å². The molecule has 2 aromatic heterocycles. The summed E-state index contributed by atoms with van der Waals surface area (Å²) in [4.78, 5) is 43.4. The molecule has 4 aromatic rings. The normalized spacial score (nSPS) is 11.3. The van der Waals surface area contributed by atoms with E-state index in [2.05, 4.69) is 4.98 Å². The van der Waals surface area contributed by atoms with Gasteiger partial charge in [0.05, 0.1) is 19.5 Å². The highest BCUT2D eigenvalue weighted by molar-refractivity contribution is 5.72. The zero-order valence-electron chi connectivity index (χ0n) is 19.4. The summed E-state index contributed by atoms with van der Waals surface area (Å²) in [7, 11) is 1.56. The van der Waals surface area contributed by atoms with Crippen LogP contribution in [0.2, 0.25) is 0 Å². The number of hydrogen-bond acceptors (Lipinski definition) is 6. The van der Waals surface area contributed by atoms with Gasteiger partial charge in [0.1, 0.15) is 13.2 Å². The fraction of sp³-hybridized carbons (Fsp3) is 0.231. The van der Waals surface area contributed by atoms with Crippen LogP contribution in [0.1, 0.15) is 11.1 Å². The molecule has 0 aliphatic heterocycles. The molecule has 9 nitrogen and oxygen atoms in total. The zero-order valence-corrected chi connectivity index (χ0v) is 19.4. The molecular weight excluding hydrogens is 448 g/mol. The lowest BCUT2D eigenvalue weighted by atomic mass is 10.2. The third-order valence-corrected chi connectivity index (χ3v) is 5.44. The van der Waals surface area contributed by atoms with Crippen molar-refractivity contribution in [3.8, 4) is 0 Å². The molecule has 0 spiro atoms. The number of ether oxygens (including phenoxy) is 2. The first kappa shape index (κ1) is 23.9. The molecule has 0 N–H and O–H groups in total. The molecule has 0 atom stereocenters. The quantitative estimate of drug-likeness (QED) is 0.327. The fourth-order valence-electron chi connectivity index (χ4n) is 3.71. The Hall–Kier alpha value is -4.24. The van der Waals surface area contributed by atoms with Gasteiger partial charge in [-0.3, -0.25) is 14.2 Å². The van der Waals surface area contributed by atoms with E-state index < -0.39 is 23.8 Å². The molecule has 0 saturated heterocycles. The van der Waals surface area contributed by atoms with Crippen molar-refractivity contribution < 1.29 is 14.3 Å². The minimum Gasteiger partial charge on any atom is -0.460 e. The van der Waals surface area contributed by atoms with Crippen LogP contribution in [0.15, 0.2) is 82.7 Å². The molecular formula is C26H26N4O5. The van der Waals surface area contributed by atoms with Crippen LogP contribution in [0.4, 0.5) is 0 Å². The van der Waals surface area contributed by atoms with Crippen LogP contribution in [0.5, 0.6) is 0 Å². The summed E-state index contributed by atoms with van der Waals surface area (Å²) in [6.07, 6.45) is 5.03. The molecule has 0 aliphatic rings. The Bertz CT molecular complexity index is 1440. The number of hydrogen-bond donors (Lipinski definition) is 0. The lowest BCUT2D eigenvalue weighted by Crippen LogP contribution is -2.42. The molecule has 0 radical (unpaired) electrons. The minimum absolute atomic E-state index is 0.0225. The second-order valence-electron chi connectivity index (χ2n) is 7.84. The Labute approximate surface area is 201 Å². The predicted octanol–water partition coefficient (Wildman–Crippen LogP) is 2.31. The van der Waals surface area contributed by atoms with Crippen molar-refractivity contribution in [1.29, 1.82) is 0 Å². The molecule has 0 aliphatic carbocycles. The van der Waals surface area contributed by atoms with Gasteiger partial charge in [0.25, 0.3) is 5.56 Å². The summed E-state index contributed by atoms with van der Waals surface area (Å²) in [6, 6.07) is 19.0. The number of aromatic nitrogens is 4. The molecule has 0 bridgehead atoms. The average Bonchev–Trinajstić information content (AvgIpc) is 3.31. The van der Waals surface area contributed by atoms with Gasteiger partial charge in [-0.05, 0) is 17.2 Å². The van der Waals surface area contributed by atoms with Gasteiger partial charge in [0, 0.05) is 13.7 Å². The average molecular weight is 475 g/mol. The van der Waals surface area contributed by atoms with Gasteiger partial charge in [-0.1, -0.05) is 66.7 Å². The van der Waals surface area contributed by atoms with E-state index in [0.717, 1.165) is 15.7 Å². The lowest BCUT2D eigenvalue weighted by molar-refractivity contribution is -0.143. The topological polar surface area (TPSA) is 97.4 Å². The maximum Gasteiger partial charge on any atom is 0.333 e. The SMILES string of the molecule is COCCn1cnc2c1c(=O)n(CC(=O)OC/C=C/c1ccccc1)c(=O)n2Cc1ccccc1. The molecule has 180 valence electrons. The van der Waals surface area contributed by atoms with Crippen LogP contribution in [0, 0.1) is 0 Å². The highest BCUT2D eigenvalue weighted by Crippen LogP contribution is 2.10. The molecule has 0 fully saturated rings. The van der Waals surface area contributed by atoms with Crippen molar-refractivity contribution in [1.82, 2.24) is 18.7 Å². The zero-order chi connectivity index (χ0) is 24.6. The number of nitrogens with zero attached hydrogens (tertiary/aromatic N) is 4. The van der Waals surface area contributed by atoms with Crippen LogP contribution in [0.25, 0.3) is 17.2 Å². The van der Waals surface area contributed by atoms with Gasteiger partial charge in [-0.15, -0.1) is 0 Å². The molecule has 0 saturated carbocycles. The number of esters is 1. The van der Waals surface area contributed by atoms with E-state index in [4.69, 9.17) is 9.47 Å². The summed E-state index contributed by atoms with van der Waals surface area (Å²) in [5.74, 6) is -0.685. The Morgan fingerprint density at radius 2 is 1.71 bits per heavy atom. The lowest BCUT2D eigenvalue weighted by Gasteiger charge is -2.12. The number of rotatable bonds is 10. The number of carbonyl (C=O) groups is 1. The molecule has 0 unspecified atom stereocenters. The van der Waals surface area contributed by atoms with Crippen LogP contribution in [0.3, 0.4) is 0 Å². The van der Waals surface area contributed by atoms with Crippen molar-refractivity contribution in [2.45, 2.75) is 19.6 Å². The van der Waals surface area contributed by atoms with Crippen molar-refractivity contribution in [3.63, 3.8) is 0 Å². The van der Waals surface area contributed by atoms with Crippen molar-refractivity contribution in [2.75, 3.05) is 20.3 Å². The van der Waals surface area contributed by atoms with Crippen molar-refractivity contribution in [3.05, 3.63) is 105 Å². The maximum atomic E-state index is 13.3. The summed E-state index contributed by atoms with van der Waals surface area (Å²) in [5, 5.41) is 0. The van der Waals surface area contributed by atoms with Gasteiger partial charge in [-0.25, -0.2) is 14.3 Å². The van der Waals surface area contributed by atoms with Gasteiger partial charge in [-0.2, -0.15) is 0 Å². The Kier molecular flexibility index (Phi) is 7.69. The predicted molar refractivity (Wildman–Crippen MR) is 132 cm³/mol. The van der Waals surface area contributed by atoms with Gasteiger partial charge in [0.2, 0.25) is 0 Å². The van der Waals surface area contributed by atoms with Crippen LogP contribution >= 0.6 is 0 Å². The van der Waals surface area contributed by atoms with Crippen molar-refractivity contribution >= 4 is 23.2 Å². The summed E-state index contributed by atoms with van der Waals surface area (Å²) in [6.45, 7) is 0.456. The highest BCUT2D eigenvalue weighted by atomic mass is 16.5. The van der Waals surface area contributed by atoms with Crippen molar-refractivity contribution in [2.24, 2.45) is 0 Å². The van der Waals surface area contributed by atoms with E-state index in [1.807, 2.05) is 66.7 Å². The molecule has 2 heterocycles. The summed E-state index contributed by atoms with van der Waals surface area (Å²) >= 11 is 0. The van der Waals surface area contributed by atoms with Crippen LogP contribution in [-0.4, -0.2) is 45.0 Å². The molecule has 35 heavy (non-hydrogen) atoms.